The summed E-state index contributed by atoms with van der Waals surface area (Å²) in [5, 5.41) is 13.8. The molecule has 0 saturated carbocycles. The third-order valence-electron chi connectivity index (χ3n) is 0. The van der Waals surface area contributed by atoms with E-state index < -0.39 is 0 Å². The Kier molecular flexibility index (Phi) is 40.9. The molecule has 2 nitrogen and oxygen atoms in total. The van der Waals surface area contributed by atoms with Gasteiger partial charge in [-0.15, -0.1) is 0 Å². The van der Waals surface area contributed by atoms with Gasteiger partial charge in [-0.2, -0.15) is 18.8 Å². The summed E-state index contributed by atoms with van der Waals surface area (Å²) < 4.78 is 0. The number of aliphatic hydroxyl groups excluding tert-OH is 1. The summed E-state index contributed by atoms with van der Waals surface area (Å²) >= 11 is 0. The van der Waals surface area contributed by atoms with Crippen LogP contribution in [-0.2, 0) is 0 Å². The number of hydrogen-bond donors (Lipinski definition) is 1. The summed E-state index contributed by atoms with van der Waals surface area (Å²) in [4.78, 5) is 0. The predicted molar refractivity (Wildman–Crippen MR) is 17.9 cm³/mol. The molecule has 1 N–H and O–H groups in total. The van der Waals surface area contributed by atoms with Gasteiger partial charge in [0, 0.05) is 0 Å². The van der Waals surface area contributed by atoms with Crippen LogP contribution in [0.5, 0.6) is 0 Å². The fourth-order valence-corrected chi connectivity index (χ4v) is 0. The Morgan fingerprint density at radius 3 is 1.75 bits per heavy atom. The number of nitriles is 1. The summed E-state index contributed by atoms with van der Waals surface area (Å²) in [6, 6.07) is 0. The largest absolute Gasteiger partial charge is 0.443 e. The van der Waals surface area contributed by atoms with Crippen molar-refractivity contribution in [2.24, 2.45) is 0 Å². The zero-order valence-corrected chi connectivity index (χ0v) is 2.89. The van der Waals surface area contributed by atoms with Crippen LogP contribution in [0, 0.1) is 11.5 Å². The Morgan fingerprint density at radius 2 is 1.75 bits per heavy atom. The van der Waals surface area contributed by atoms with Gasteiger partial charge in [-0.1, -0.05) is 0 Å². The van der Waals surface area contributed by atoms with Gasteiger partial charge in [-0.3, -0.25) is 0 Å². The van der Waals surface area contributed by atoms with Gasteiger partial charge in [-0.25, -0.2) is 0 Å². The van der Waals surface area contributed by atoms with Gasteiger partial charge in [0.05, 0.1) is 0 Å². The Labute approximate surface area is 31.1 Å². The molecule has 0 aromatic carbocycles. The monoisotopic (exact) mass is 77.0 g/mol. The van der Waals surface area contributed by atoms with E-state index in [0.29, 0.717) is 0 Å². The first kappa shape index (κ1) is 9.43. The molecule has 0 aliphatic heterocycles. The van der Waals surface area contributed by atoms with Crippen LogP contribution in [0.15, 0.2) is 0 Å². The first-order valence-electron chi connectivity index (χ1n) is 0.447. The molecular formula is CH3NOS. The molecule has 0 radical (unpaired) electrons. The van der Waals surface area contributed by atoms with E-state index in [1.54, 1.807) is 0 Å². The van der Waals surface area contributed by atoms with E-state index in [9.17, 15) is 0 Å². The highest BCUT2D eigenvalue weighted by molar-refractivity contribution is 7.59. The minimum atomic E-state index is 0. The van der Waals surface area contributed by atoms with Crippen molar-refractivity contribution in [3.8, 4) is 6.26 Å². The minimum Gasteiger partial charge on any atom is -0.443 e. The van der Waals surface area contributed by atoms with Gasteiger partial charge in [0.25, 0.3) is 6.26 Å². The van der Waals surface area contributed by atoms with E-state index >= 15 is 0 Å². The highest BCUT2D eigenvalue weighted by Gasteiger charge is 1.16. The Hall–Kier alpha value is -0.360. The maximum absolute atomic E-state index is 6.88. The van der Waals surface area contributed by atoms with Gasteiger partial charge in [-0.05, 0) is 0 Å². The molecule has 0 unspecified atom stereocenters. The van der Waals surface area contributed by atoms with Crippen molar-refractivity contribution in [1.82, 2.24) is 0 Å². The molecule has 0 aromatic heterocycles. The average molecular weight is 77.1 g/mol. The van der Waals surface area contributed by atoms with E-state index in [1.165, 1.54) is 0 Å². The van der Waals surface area contributed by atoms with Crippen LogP contribution in [0.3, 0.4) is 0 Å². The summed E-state index contributed by atoms with van der Waals surface area (Å²) in [5.74, 6) is 0. The van der Waals surface area contributed by atoms with E-state index in [0.717, 1.165) is 6.26 Å². The third kappa shape index (κ3) is 5.18. The topological polar surface area (TPSA) is 44.0 Å². The van der Waals surface area contributed by atoms with Crippen molar-refractivity contribution in [2.45, 2.75) is 0 Å². The lowest BCUT2D eigenvalue weighted by Crippen LogP contribution is -1.27. The highest BCUT2D eigenvalue weighted by Crippen LogP contribution is 1.06. The molecule has 4 heavy (non-hydrogen) atoms. The molecule has 0 aliphatic carbocycles. The van der Waals surface area contributed by atoms with Gasteiger partial charge < -0.3 is 5.11 Å². The van der Waals surface area contributed by atoms with Crippen molar-refractivity contribution >= 4 is 13.5 Å². The second-order valence-electron chi connectivity index (χ2n) is 0.100. The summed E-state index contributed by atoms with van der Waals surface area (Å²) in [5.41, 5.74) is 0. The number of hydrogen-bond acceptors (Lipinski definition) is 2. The van der Waals surface area contributed by atoms with Crippen LogP contribution in [0.25, 0.3) is 0 Å². The molecule has 0 rings (SSSR count). The lowest BCUT2D eigenvalue weighted by Gasteiger charge is -1.25. The SMILES string of the molecule is N#CO.S. The summed E-state index contributed by atoms with van der Waals surface area (Å²) in [6.45, 7) is 0. The van der Waals surface area contributed by atoms with E-state index in [1.807, 2.05) is 0 Å². The van der Waals surface area contributed by atoms with E-state index in [2.05, 4.69) is 0 Å². The van der Waals surface area contributed by atoms with E-state index in [4.69, 9.17) is 10.4 Å². The maximum atomic E-state index is 6.88. The van der Waals surface area contributed by atoms with Crippen molar-refractivity contribution < 1.29 is 5.11 Å². The Morgan fingerprint density at radius 1 is 1.75 bits per heavy atom. The minimum absolute atomic E-state index is 0. The second kappa shape index (κ2) is 17.3. The smallest absolute Gasteiger partial charge is 0.283 e. The molecule has 0 bridgehead atoms. The fraction of sp³-hybridized carbons (Fsp3) is 0. The van der Waals surface area contributed by atoms with Crippen molar-refractivity contribution in [3.63, 3.8) is 0 Å². The van der Waals surface area contributed by atoms with Crippen molar-refractivity contribution in [2.75, 3.05) is 0 Å². The lowest BCUT2D eigenvalue weighted by atomic mass is 11.6. The normalized spacial score (nSPS) is 1.75. The molecule has 0 atom stereocenters. The van der Waals surface area contributed by atoms with Gasteiger partial charge in [0.2, 0.25) is 0 Å². The molecule has 0 heterocycles. The van der Waals surface area contributed by atoms with Crippen LogP contribution >= 0.6 is 13.5 Å². The van der Waals surface area contributed by atoms with Gasteiger partial charge >= 0.3 is 0 Å². The predicted octanol–water partition coefficient (Wildman–Crippen LogP) is -0.0472. The van der Waals surface area contributed by atoms with Crippen molar-refractivity contribution in [1.29, 1.82) is 5.26 Å². The first-order valence-corrected chi connectivity index (χ1v) is 0.447. The Balaban J connectivity index is 0. The molecule has 0 aromatic rings. The molecule has 24 valence electrons. The maximum Gasteiger partial charge on any atom is 0.283 e. The Bertz CT molecular complexity index is 29.5. The second-order valence-corrected chi connectivity index (χ2v) is 0.100. The van der Waals surface area contributed by atoms with Crippen LogP contribution in [0.2, 0.25) is 0 Å². The first-order chi connectivity index (χ1) is 1.41. The standard InChI is InChI=1S/CHNO.H2S/c2-1-3;/h3H;1H2. The van der Waals surface area contributed by atoms with Crippen LogP contribution in [0.4, 0.5) is 0 Å². The molecule has 0 fully saturated rings. The fourth-order valence-electron chi connectivity index (χ4n) is 0. The van der Waals surface area contributed by atoms with Crippen LogP contribution in [-0.4, -0.2) is 5.11 Å². The molecule has 0 spiro atoms. The molecule has 3 heteroatoms. The molecule has 0 amide bonds. The zero-order valence-electron chi connectivity index (χ0n) is 1.89. The van der Waals surface area contributed by atoms with Crippen molar-refractivity contribution in [3.05, 3.63) is 0 Å². The quantitative estimate of drug-likeness (QED) is 0.412. The third-order valence-corrected chi connectivity index (χ3v) is 0. The summed E-state index contributed by atoms with van der Waals surface area (Å²) in [7, 11) is 0. The zero-order chi connectivity index (χ0) is 2.71. The molecule has 0 aliphatic rings. The number of rotatable bonds is 0. The average Bonchev–Trinajstić information content (AvgIpc) is 0.918. The number of nitrogens with zero attached hydrogens (tertiary/aromatic N) is 1. The number of aliphatic hydroxyl groups is 1. The molecular weight excluding hydrogens is 74.1 g/mol. The van der Waals surface area contributed by atoms with Crippen LogP contribution < -0.4 is 0 Å². The van der Waals surface area contributed by atoms with Gasteiger partial charge in [0.1, 0.15) is 0 Å². The molecule has 0 saturated heterocycles. The lowest BCUT2D eigenvalue weighted by molar-refractivity contribution is 0.503. The van der Waals surface area contributed by atoms with Gasteiger partial charge in [0.15, 0.2) is 0 Å². The highest BCUT2D eigenvalue weighted by atomic mass is 32.1. The summed E-state index contributed by atoms with van der Waals surface area (Å²) in [6.07, 6.45) is 0.750. The van der Waals surface area contributed by atoms with Crippen LogP contribution in [0.1, 0.15) is 0 Å². The van der Waals surface area contributed by atoms with E-state index in [-0.39, 0.29) is 13.5 Å².